The van der Waals surface area contributed by atoms with Gasteiger partial charge in [-0.05, 0) is 18.6 Å². The highest BCUT2D eigenvalue weighted by molar-refractivity contribution is 5.80. The Balaban J connectivity index is 2.67. The molecule has 0 bridgehead atoms. The highest BCUT2D eigenvalue weighted by atomic mass is 16.4. The first-order valence-corrected chi connectivity index (χ1v) is 6.00. The van der Waals surface area contributed by atoms with E-state index in [1.165, 1.54) is 6.08 Å². The molecular formula is C14H17N3O2. The van der Waals surface area contributed by atoms with Crippen molar-refractivity contribution in [2.45, 2.75) is 19.9 Å². The average molecular weight is 259 g/mol. The third kappa shape index (κ3) is 6.34. The van der Waals surface area contributed by atoms with E-state index < -0.39 is 5.97 Å². The summed E-state index contributed by atoms with van der Waals surface area (Å²) in [6.07, 6.45) is 5.09. The summed E-state index contributed by atoms with van der Waals surface area (Å²) >= 11 is 0. The normalized spacial score (nSPS) is 11.3. The number of pyridine rings is 1. The smallest absolute Gasteiger partial charge is 0.328 e. The summed E-state index contributed by atoms with van der Waals surface area (Å²) in [4.78, 5) is 16.7. The number of rotatable bonds is 7. The molecular weight excluding hydrogens is 242 g/mol. The first-order chi connectivity index (χ1) is 9.11. The molecule has 1 aromatic rings. The van der Waals surface area contributed by atoms with E-state index in [1.54, 1.807) is 19.3 Å². The third-order valence-electron chi connectivity index (χ3n) is 2.51. The van der Waals surface area contributed by atoms with Crippen molar-refractivity contribution in [3.63, 3.8) is 0 Å². The summed E-state index contributed by atoms with van der Waals surface area (Å²) in [5.74, 6) is -0.945. The fourth-order valence-corrected chi connectivity index (χ4v) is 1.78. The maximum atomic E-state index is 10.6. The predicted molar refractivity (Wildman–Crippen MR) is 71.1 cm³/mol. The number of carbonyl (C=O) groups is 1. The van der Waals surface area contributed by atoms with Crippen LogP contribution in [-0.2, 0) is 11.3 Å². The Morgan fingerprint density at radius 1 is 1.63 bits per heavy atom. The Bertz CT molecular complexity index is 477. The van der Waals surface area contributed by atoms with Gasteiger partial charge in [-0.25, -0.2) is 4.79 Å². The zero-order valence-corrected chi connectivity index (χ0v) is 10.9. The van der Waals surface area contributed by atoms with Crippen LogP contribution in [0.2, 0.25) is 0 Å². The lowest BCUT2D eigenvalue weighted by molar-refractivity contribution is -0.131. The Morgan fingerprint density at radius 3 is 3.00 bits per heavy atom. The Labute approximate surface area is 112 Å². The molecule has 0 saturated carbocycles. The molecule has 1 heterocycles. The van der Waals surface area contributed by atoms with Crippen LogP contribution < -0.4 is 0 Å². The third-order valence-corrected chi connectivity index (χ3v) is 2.51. The molecule has 0 saturated heterocycles. The van der Waals surface area contributed by atoms with Crippen LogP contribution in [0.15, 0.2) is 36.2 Å². The SMILES string of the molecule is CC(=CC(=O)O)CN(CCC#N)Cc1cccnc1. The van der Waals surface area contributed by atoms with Gasteiger partial charge in [0.15, 0.2) is 0 Å². The van der Waals surface area contributed by atoms with Gasteiger partial charge in [-0.3, -0.25) is 9.88 Å². The monoisotopic (exact) mass is 259 g/mol. The number of nitriles is 1. The van der Waals surface area contributed by atoms with E-state index in [0.717, 1.165) is 11.1 Å². The van der Waals surface area contributed by atoms with Crippen molar-refractivity contribution in [1.29, 1.82) is 5.26 Å². The maximum absolute atomic E-state index is 10.6. The second-order valence-corrected chi connectivity index (χ2v) is 4.31. The van der Waals surface area contributed by atoms with Crippen molar-refractivity contribution in [2.75, 3.05) is 13.1 Å². The summed E-state index contributed by atoms with van der Waals surface area (Å²) in [6.45, 7) is 3.57. The Morgan fingerprint density at radius 2 is 2.42 bits per heavy atom. The van der Waals surface area contributed by atoms with Crippen LogP contribution in [0.25, 0.3) is 0 Å². The van der Waals surface area contributed by atoms with Crippen molar-refractivity contribution in [2.24, 2.45) is 0 Å². The van der Waals surface area contributed by atoms with Crippen molar-refractivity contribution < 1.29 is 9.90 Å². The highest BCUT2D eigenvalue weighted by Gasteiger charge is 2.07. The fraction of sp³-hybridized carbons (Fsp3) is 0.357. The standard InChI is InChI=1S/C14H17N3O2/c1-12(8-14(18)19)10-17(7-3-5-15)11-13-4-2-6-16-9-13/h2,4,6,8-9H,3,7,10-11H2,1H3,(H,18,19). The summed E-state index contributed by atoms with van der Waals surface area (Å²) in [5.41, 5.74) is 1.80. The van der Waals surface area contributed by atoms with E-state index in [4.69, 9.17) is 10.4 Å². The average Bonchev–Trinajstić information content (AvgIpc) is 2.36. The molecule has 0 aliphatic carbocycles. The van der Waals surface area contributed by atoms with Gasteiger partial charge in [0.05, 0.1) is 6.07 Å². The van der Waals surface area contributed by atoms with Crippen molar-refractivity contribution in [3.05, 3.63) is 41.7 Å². The molecule has 1 rings (SSSR count). The van der Waals surface area contributed by atoms with Gasteiger partial charge in [-0.15, -0.1) is 0 Å². The van der Waals surface area contributed by atoms with E-state index in [-0.39, 0.29) is 0 Å². The van der Waals surface area contributed by atoms with Crippen LogP contribution in [0, 0.1) is 11.3 Å². The van der Waals surface area contributed by atoms with Crippen LogP contribution >= 0.6 is 0 Å². The number of carboxylic acids is 1. The zero-order valence-electron chi connectivity index (χ0n) is 10.9. The van der Waals surface area contributed by atoms with Crippen LogP contribution in [0.5, 0.6) is 0 Å². The van der Waals surface area contributed by atoms with Gasteiger partial charge in [0.2, 0.25) is 0 Å². The first kappa shape index (κ1) is 14.9. The van der Waals surface area contributed by atoms with Crippen LogP contribution in [0.4, 0.5) is 0 Å². The van der Waals surface area contributed by atoms with E-state index in [1.807, 2.05) is 17.0 Å². The van der Waals surface area contributed by atoms with Gasteiger partial charge in [0, 0.05) is 44.5 Å². The van der Waals surface area contributed by atoms with Crippen molar-refractivity contribution >= 4 is 5.97 Å². The second-order valence-electron chi connectivity index (χ2n) is 4.31. The van der Waals surface area contributed by atoms with E-state index >= 15 is 0 Å². The minimum atomic E-state index is -0.945. The van der Waals surface area contributed by atoms with E-state index in [0.29, 0.717) is 26.1 Å². The van der Waals surface area contributed by atoms with Crippen LogP contribution in [0.1, 0.15) is 18.9 Å². The summed E-state index contributed by atoms with van der Waals surface area (Å²) in [6, 6.07) is 5.92. The number of nitrogens with zero attached hydrogens (tertiary/aromatic N) is 3. The largest absolute Gasteiger partial charge is 0.478 e. The molecule has 5 nitrogen and oxygen atoms in total. The number of hydrogen-bond donors (Lipinski definition) is 1. The van der Waals surface area contributed by atoms with Crippen LogP contribution in [0.3, 0.4) is 0 Å². The lowest BCUT2D eigenvalue weighted by Crippen LogP contribution is -2.26. The molecule has 19 heavy (non-hydrogen) atoms. The molecule has 0 aromatic carbocycles. The summed E-state index contributed by atoms with van der Waals surface area (Å²) < 4.78 is 0. The molecule has 1 N–H and O–H groups in total. The van der Waals surface area contributed by atoms with Gasteiger partial charge in [0.1, 0.15) is 0 Å². The lowest BCUT2D eigenvalue weighted by Gasteiger charge is -2.21. The molecule has 0 radical (unpaired) electrons. The molecule has 0 amide bonds. The van der Waals surface area contributed by atoms with Gasteiger partial charge < -0.3 is 5.11 Å². The van der Waals surface area contributed by atoms with E-state index in [2.05, 4.69) is 11.1 Å². The van der Waals surface area contributed by atoms with Crippen molar-refractivity contribution in [3.8, 4) is 6.07 Å². The topological polar surface area (TPSA) is 77.2 Å². The predicted octanol–water partition coefficient (Wildman–Crippen LogP) is 1.83. The Kier molecular flexibility index (Phi) is 6.27. The first-order valence-electron chi connectivity index (χ1n) is 6.00. The van der Waals surface area contributed by atoms with Gasteiger partial charge in [-0.1, -0.05) is 11.6 Å². The quantitative estimate of drug-likeness (QED) is 0.756. The number of aliphatic carboxylic acids is 1. The molecule has 0 unspecified atom stereocenters. The highest BCUT2D eigenvalue weighted by Crippen LogP contribution is 2.07. The second kappa shape index (κ2) is 8.01. The van der Waals surface area contributed by atoms with Gasteiger partial charge in [-0.2, -0.15) is 5.26 Å². The zero-order chi connectivity index (χ0) is 14.1. The van der Waals surface area contributed by atoms with Gasteiger partial charge in [0.25, 0.3) is 0 Å². The fourth-order valence-electron chi connectivity index (χ4n) is 1.78. The Hall–Kier alpha value is -2.19. The molecule has 0 aliphatic rings. The minimum Gasteiger partial charge on any atom is -0.478 e. The van der Waals surface area contributed by atoms with Gasteiger partial charge >= 0.3 is 5.97 Å². The maximum Gasteiger partial charge on any atom is 0.328 e. The molecule has 0 aliphatic heterocycles. The number of carboxylic acid groups (broad SMARTS) is 1. The van der Waals surface area contributed by atoms with Crippen molar-refractivity contribution in [1.82, 2.24) is 9.88 Å². The number of aromatic nitrogens is 1. The molecule has 5 heteroatoms. The summed E-state index contributed by atoms with van der Waals surface area (Å²) in [7, 11) is 0. The molecule has 0 spiro atoms. The molecule has 0 fully saturated rings. The molecule has 100 valence electrons. The molecule has 1 aromatic heterocycles. The minimum absolute atomic E-state index is 0.417. The molecule has 0 atom stereocenters. The van der Waals surface area contributed by atoms with Crippen LogP contribution in [-0.4, -0.2) is 34.0 Å². The summed E-state index contributed by atoms with van der Waals surface area (Å²) in [5, 5.41) is 17.4. The number of hydrogen-bond acceptors (Lipinski definition) is 4. The lowest BCUT2D eigenvalue weighted by atomic mass is 10.2. The van der Waals surface area contributed by atoms with E-state index in [9.17, 15) is 4.79 Å².